The van der Waals surface area contributed by atoms with E-state index in [1.54, 1.807) is 27.9 Å². The first-order valence-corrected chi connectivity index (χ1v) is 13.0. The van der Waals surface area contributed by atoms with Crippen LogP contribution in [0.4, 0.5) is 5.69 Å². The summed E-state index contributed by atoms with van der Waals surface area (Å²) in [6, 6.07) is 4.58. The van der Waals surface area contributed by atoms with E-state index in [2.05, 4.69) is 26.7 Å². The Labute approximate surface area is 198 Å². The number of aliphatic imine (C=N–C) groups is 1. The van der Waals surface area contributed by atoms with Crippen molar-refractivity contribution >= 4 is 27.6 Å². The Morgan fingerprint density at radius 1 is 1.24 bits per heavy atom. The fourth-order valence-corrected chi connectivity index (χ4v) is 5.85. The molecular weight excluding hydrogens is 452 g/mol. The van der Waals surface area contributed by atoms with Crippen LogP contribution < -0.4 is 9.62 Å². The third-order valence-corrected chi connectivity index (χ3v) is 8.33. The summed E-state index contributed by atoms with van der Waals surface area (Å²) in [7, 11) is -1.92. The number of hydrogen-bond donors (Lipinski definition) is 1. The Kier molecular flexibility index (Phi) is 4.66. The standard InChI is InChI=1S/C24H26N6O3S/c1-24(9-10-24)27-34(32,33)19-7-8-21-20(11-19)22(31)29(15-17-12-26-28(2)14-17)23-25-13-18(30(21)23)6-5-16-3-4-16/h7-8,11-12,14,16,18,27H,3-4,9-10,13,15H2,1-2H3/t18-/m1/s1. The molecule has 1 aromatic carbocycles. The van der Waals surface area contributed by atoms with Gasteiger partial charge in [0.25, 0.3) is 5.91 Å². The van der Waals surface area contributed by atoms with Crippen LogP contribution in [0, 0.1) is 17.8 Å². The molecule has 34 heavy (non-hydrogen) atoms. The van der Waals surface area contributed by atoms with Crippen LogP contribution in [0.1, 0.15) is 48.5 Å². The molecule has 1 aromatic heterocycles. The Bertz CT molecular complexity index is 1390. The smallest absolute Gasteiger partial charge is 0.263 e. The van der Waals surface area contributed by atoms with Crippen LogP contribution in [0.2, 0.25) is 0 Å². The van der Waals surface area contributed by atoms with E-state index in [1.165, 1.54) is 6.07 Å². The summed E-state index contributed by atoms with van der Waals surface area (Å²) >= 11 is 0. The van der Waals surface area contributed by atoms with Gasteiger partial charge in [0.05, 0.1) is 35.4 Å². The first kappa shape index (κ1) is 21.4. The van der Waals surface area contributed by atoms with Gasteiger partial charge in [0.1, 0.15) is 6.04 Å². The molecule has 2 saturated carbocycles. The predicted molar refractivity (Wildman–Crippen MR) is 127 cm³/mol. The Balaban J connectivity index is 1.41. The number of guanidine groups is 1. The van der Waals surface area contributed by atoms with Gasteiger partial charge in [0, 0.05) is 30.3 Å². The third-order valence-electron chi connectivity index (χ3n) is 6.70. The van der Waals surface area contributed by atoms with Gasteiger partial charge in [-0.1, -0.05) is 11.8 Å². The summed E-state index contributed by atoms with van der Waals surface area (Å²) in [6.07, 6.45) is 7.45. The van der Waals surface area contributed by atoms with Crippen LogP contribution in [-0.2, 0) is 23.6 Å². The summed E-state index contributed by atoms with van der Waals surface area (Å²) < 4.78 is 30.5. The van der Waals surface area contributed by atoms with Gasteiger partial charge in [-0.15, -0.1) is 0 Å². The van der Waals surface area contributed by atoms with Gasteiger partial charge in [-0.2, -0.15) is 5.10 Å². The zero-order chi connectivity index (χ0) is 23.7. The number of aromatic nitrogens is 2. The van der Waals surface area contributed by atoms with Gasteiger partial charge in [0.15, 0.2) is 0 Å². The van der Waals surface area contributed by atoms with Crippen molar-refractivity contribution in [2.75, 3.05) is 11.4 Å². The highest BCUT2D eigenvalue weighted by Crippen LogP contribution is 2.38. The lowest BCUT2D eigenvalue weighted by Crippen LogP contribution is -2.52. The molecule has 2 aromatic rings. The van der Waals surface area contributed by atoms with Gasteiger partial charge >= 0.3 is 0 Å². The van der Waals surface area contributed by atoms with Crippen molar-refractivity contribution in [3.63, 3.8) is 0 Å². The SMILES string of the molecule is Cn1cc(CN2C(=O)c3cc(S(=O)(=O)NC4(C)CC4)ccc3N3C2=NC[C@H]3C#CC2CC2)cn1. The number of sulfonamides is 1. The van der Waals surface area contributed by atoms with Crippen molar-refractivity contribution in [1.82, 2.24) is 19.4 Å². The van der Waals surface area contributed by atoms with E-state index in [-0.39, 0.29) is 23.4 Å². The Morgan fingerprint density at radius 3 is 2.71 bits per heavy atom. The molecule has 2 fully saturated rings. The average Bonchev–Trinajstić information content (AvgIpc) is 3.67. The van der Waals surface area contributed by atoms with Crippen LogP contribution in [-0.4, -0.2) is 53.1 Å². The molecule has 0 radical (unpaired) electrons. The molecule has 10 heteroatoms. The summed E-state index contributed by atoms with van der Waals surface area (Å²) in [5.74, 6) is 7.39. The van der Waals surface area contributed by atoms with E-state index in [4.69, 9.17) is 0 Å². The number of aryl methyl sites for hydroxylation is 1. The highest BCUT2D eigenvalue weighted by molar-refractivity contribution is 7.89. The van der Waals surface area contributed by atoms with E-state index in [1.807, 2.05) is 25.1 Å². The molecule has 0 unspecified atom stereocenters. The molecule has 2 aliphatic heterocycles. The number of hydrogen-bond acceptors (Lipinski definition) is 6. The molecule has 9 nitrogen and oxygen atoms in total. The van der Waals surface area contributed by atoms with E-state index in [9.17, 15) is 13.2 Å². The molecule has 176 valence electrons. The number of anilines is 1. The molecule has 1 amide bonds. The maximum absolute atomic E-state index is 13.7. The van der Waals surface area contributed by atoms with Crippen molar-refractivity contribution in [2.45, 2.75) is 55.6 Å². The van der Waals surface area contributed by atoms with Crippen molar-refractivity contribution in [2.24, 2.45) is 18.0 Å². The summed E-state index contributed by atoms with van der Waals surface area (Å²) in [6.45, 7) is 2.64. The Morgan fingerprint density at radius 2 is 2.03 bits per heavy atom. The van der Waals surface area contributed by atoms with Crippen molar-refractivity contribution in [3.05, 3.63) is 41.7 Å². The zero-order valence-electron chi connectivity index (χ0n) is 19.2. The minimum Gasteiger partial charge on any atom is -0.295 e. The lowest BCUT2D eigenvalue weighted by Gasteiger charge is -2.37. The van der Waals surface area contributed by atoms with Crippen molar-refractivity contribution in [1.29, 1.82) is 0 Å². The molecule has 1 atom stereocenters. The number of nitrogens with zero attached hydrogens (tertiary/aromatic N) is 5. The van der Waals surface area contributed by atoms with Gasteiger partial charge in [-0.3, -0.25) is 19.3 Å². The number of amides is 1. The highest BCUT2D eigenvalue weighted by atomic mass is 32.2. The van der Waals surface area contributed by atoms with Gasteiger partial charge in [-0.05, 0) is 50.8 Å². The van der Waals surface area contributed by atoms with E-state index >= 15 is 0 Å². The second kappa shape index (κ2) is 7.42. The largest absolute Gasteiger partial charge is 0.295 e. The fraction of sp³-hybridized carbons (Fsp3) is 0.458. The quantitative estimate of drug-likeness (QED) is 0.662. The van der Waals surface area contributed by atoms with Crippen LogP contribution in [0.15, 0.2) is 40.5 Å². The molecule has 2 aliphatic carbocycles. The maximum atomic E-state index is 13.7. The molecule has 3 heterocycles. The summed E-state index contributed by atoms with van der Waals surface area (Å²) in [5.41, 5.74) is 1.45. The van der Waals surface area contributed by atoms with Crippen LogP contribution >= 0.6 is 0 Å². The van der Waals surface area contributed by atoms with E-state index < -0.39 is 15.6 Å². The van der Waals surface area contributed by atoms with Crippen LogP contribution in [0.5, 0.6) is 0 Å². The number of carbonyl (C=O) groups excluding carboxylic acids is 1. The zero-order valence-corrected chi connectivity index (χ0v) is 20.0. The first-order chi connectivity index (χ1) is 16.2. The fourth-order valence-electron chi connectivity index (χ4n) is 4.36. The number of nitrogens with one attached hydrogen (secondary N) is 1. The molecule has 0 bridgehead atoms. The molecular formula is C24H26N6O3S. The molecule has 0 saturated heterocycles. The van der Waals surface area contributed by atoms with Gasteiger partial charge in [0.2, 0.25) is 16.0 Å². The predicted octanol–water partition coefficient (Wildman–Crippen LogP) is 1.86. The molecule has 4 aliphatic rings. The molecule has 0 spiro atoms. The highest BCUT2D eigenvalue weighted by Gasteiger charge is 2.44. The van der Waals surface area contributed by atoms with Crippen molar-refractivity contribution < 1.29 is 13.2 Å². The minimum absolute atomic E-state index is 0.0919. The lowest BCUT2D eigenvalue weighted by molar-refractivity contribution is 0.0833. The first-order valence-electron chi connectivity index (χ1n) is 11.5. The second-order valence-corrected chi connectivity index (χ2v) is 11.5. The number of rotatable bonds is 5. The van der Waals surface area contributed by atoms with Gasteiger partial charge < -0.3 is 0 Å². The van der Waals surface area contributed by atoms with Crippen LogP contribution in [0.25, 0.3) is 0 Å². The Hall–Kier alpha value is -3.16. The third kappa shape index (κ3) is 3.79. The van der Waals surface area contributed by atoms with Crippen molar-refractivity contribution in [3.8, 4) is 11.8 Å². The normalized spacial score (nSPS) is 22.6. The number of fused-ring (bicyclic) bond motifs is 3. The average molecular weight is 479 g/mol. The minimum atomic E-state index is -3.75. The van der Waals surface area contributed by atoms with E-state index in [0.29, 0.717) is 29.7 Å². The number of carbonyl (C=O) groups is 1. The van der Waals surface area contributed by atoms with Crippen LogP contribution in [0.3, 0.4) is 0 Å². The topological polar surface area (TPSA) is 99.9 Å². The summed E-state index contributed by atoms with van der Waals surface area (Å²) in [5, 5.41) is 4.21. The second-order valence-electron chi connectivity index (χ2n) is 9.85. The van der Waals surface area contributed by atoms with Gasteiger partial charge in [-0.25, -0.2) is 18.1 Å². The molecule has 1 N–H and O–H groups in total. The molecule has 6 rings (SSSR count). The maximum Gasteiger partial charge on any atom is 0.263 e. The summed E-state index contributed by atoms with van der Waals surface area (Å²) in [4.78, 5) is 22.0. The lowest BCUT2D eigenvalue weighted by atomic mass is 10.1. The van der Waals surface area contributed by atoms with E-state index in [0.717, 1.165) is 31.2 Å². The monoisotopic (exact) mass is 478 g/mol. The number of benzene rings is 1.